The lowest BCUT2D eigenvalue weighted by molar-refractivity contribution is 0.0702. The van der Waals surface area contributed by atoms with Crippen molar-refractivity contribution in [2.45, 2.75) is 31.3 Å². The molecular formula is C17H16BrF2N3O2S. The Bertz CT molecular complexity index is 1070. The lowest BCUT2D eigenvalue weighted by atomic mass is 10.2. The molecule has 26 heavy (non-hydrogen) atoms. The van der Waals surface area contributed by atoms with Crippen molar-refractivity contribution in [1.82, 2.24) is 14.3 Å². The zero-order valence-corrected chi connectivity index (χ0v) is 16.4. The highest BCUT2D eigenvalue weighted by Crippen LogP contribution is 2.28. The molecule has 0 bridgehead atoms. The van der Waals surface area contributed by atoms with Gasteiger partial charge in [-0.1, -0.05) is 28.1 Å². The van der Waals surface area contributed by atoms with E-state index in [1.54, 1.807) is 31.2 Å². The van der Waals surface area contributed by atoms with Crippen molar-refractivity contribution in [1.29, 1.82) is 0 Å². The van der Waals surface area contributed by atoms with E-state index in [-0.39, 0.29) is 16.2 Å². The van der Waals surface area contributed by atoms with Crippen LogP contribution in [-0.2, 0) is 10.0 Å². The second-order valence-electron chi connectivity index (χ2n) is 5.86. The number of halogens is 3. The average Bonchev–Trinajstić information content (AvgIpc) is 2.96. The summed E-state index contributed by atoms with van der Waals surface area (Å²) in [4.78, 5) is 4.25. The highest BCUT2D eigenvalue weighted by atomic mass is 79.9. The number of aryl methyl sites for hydroxylation is 1. The summed E-state index contributed by atoms with van der Waals surface area (Å²) in [5, 5.41) is 0. The number of fused-ring (bicyclic) bond motifs is 1. The van der Waals surface area contributed by atoms with Crippen LogP contribution in [0, 0.1) is 6.92 Å². The number of rotatable bonds is 5. The molecule has 0 aliphatic rings. The summed E-state index contributed by atoms with van der Waals surface area (Å²) in [5.74, 6) is -0.0430. The van der Waals surface area contributed by atoms with E-state index in [4.69, 9.17) is 0 Å². The standard InChI is InChI=1S/C17H16BrF2N3O2S/c1-10-9-12(7-8-13(10)18)26(24,25)22-11(2)16-21-14-5-3-4-6-15(14)23(16)17(19)20/h3-9,11,17,22H,1-2H3. The van der Waals surface area contributed by atoms with Gasteiger partial charge in [0, 0.05) is 4.47 Å². The van der Waals surface area contributed by atoms with E-state index in [0.717, 1.165) is 14.6 Å². The lowest BCUT2D eigenvalue weighted by Crippen LogP contribution is -2.29. The Balaban J connectivity index is 1.99. The Hall–Kier alpha value is -1.84. The Morgan fingerprint density at radius 3 is 2.54 bits per heavy atom. The fourth-order valence-corrected chi connectivity index (χ4v) is 4.24. The summed E-state index contributed by atoms with van der Waals surface area (Å²) in [7, 11) is -3.90. The number of alkyl halides is 2. The van der Waals surface area contributed by atoms with Crippen LogP contribution in [0.4, 0.5) is 8.78 Å². The first kappa shape index (κ1) is 18.9. The summed E-state index contributed by atoms with van der Waals surface area (Å²) in [6, 6.07) is 10.1. The third-order valence-electron chi connectivity index (χ3n) is 3.98. The molecule has 0 saturated carbocycles. The first-order chi connectivity index (χ1) is 12.2. The highest BCUT2D eigenvalue weighted by Gasteiger charge is 2.26. The third-order valence-corrected chi connectivity index (χ3v) is 6.41. The number of benzene rings is 2. The predicted molar refractivity (Wildman–Crippen MR) is 98.6 cm³/mol. The number of imidazole rings is 1. The SMILES string of the molecule is Cc1cc(S(=O)(=O)NC(C)c2nc3ccccc3n2C(F)F)ccc1Br. The molecule has 1 unspecified atom stereocenters. The summed E-state index contributed by atoms with van der Waals surface area (Å²) in [6.45, 7) is 0.422. The van der Waals surface area contributed by atoms with Gasteiger partial charge in [0.05, 0.1) is 22.0 Å². The average molecular weight is 444 g/mol. The molecule has 5 nitrogen and oxygen atoms in total. The highest BCUT2D eigenvalue weighted by molar-refractivity contribution is 9.10. The smallest absolute Gasteiger partial charge is 0.269 e. The normalized spacial score (nSPS) is 13.5. The molecule has 1 N–H and O–H groups in total. The van der Waals surface area contributed by atoms with Crippen LogP contribution < -0.4 is 4.72 Å². The number of nitrogens with zero attached hydrogens (tertiary/aromatic N) is 2. The van der Waals surface area contributed by atoms with Crippen LogP contribution in [0.2, 0.25) is 0 Å². The van der Waals surface area contributed by atoms with E-state index in [1.165, 1.54) is 25.1 Å². The number of aromatic nitrogens is 2. The Kier molecular flexibility index (Phi) is 5.14. The van der Waals surface area contributed by atoms with E-state index in [9.17, 15) is 17.2 Å². The molecule has 3 rings (SSSR count). The maximum Gasteiger partial charge on any atom is 0.320 e. The second-order valence-corrected chi connectivity index (χ2v) is 8.43. The van der Waals surface area contributed by atoms with Gasteiger partial charge in [0.2, 0.25) is 10.0 Å². The predicted octanol–water partition coefficient (Wildman–Crippen LogP) is 4.54. The molecule has 0 radical (unpaired) electrons. The van der Waals surface area contributed by atoms with Crippen molar-refractivity contribution in [3.63, 3.8) is 0 Å². The zero-order chi connectivity index (χ0) is 19.1. The number of hydrogen-bond donors (Lipinski definition) is 1. The van der Waals surface area contributed by atoms with Gasteiger partial charge in [-0.25, -0.2) is 18.1 Å². The first-order valence-corrected chi connectivity index (χ1v) is 10.0. The van der Waals surface area contributed by atoms with Crippen LogP contribution in [0.5, 0.6) is 0 Å². The molecule has 9 heteroatoms. The van der Waals surface area contributed by atoms with Crippen molar-refractivity contribution in [3.8, 4) is 0 Å². The molecule has 1 aromatic heterocycles. The summed E-state index contributed by atoms with van der Waals surface area (Å²) in [6.07, 6.45) is 0. The largest absolute Gasteiger partial charge is 0.320 e. The molecule has 0 aliphatic heterocycles. The summed E-state index contributed by atoms with van der Waals surface area (Å²) in [5.41, 5.74) is 1.39. The van der Waals surface area contributed by atoms with E-state index in [1.807, 2.05) is 0 Å². The lowest BCUT2D eigenvalue weighted by Gasteiger charge is -2.16. The molecule has 1 atom stereocenters. The molecule has 1 heterocycles. The first-order valence-electron chi connectivity index (χ1n) is 7.74. The molecule has 0 fully saturated rings. The number of nitrogens with one attached hydrogen (secondary N) is 1. The van der Waals surface area contributed by atoms with Gasteiger partial charge >= 0.3 is 6.55 Å². The summed E-state index contributed by atoms with van der Waals surface area (Å²) < 4.78 is 56.3. The van der Waals surface area contributed by atoms with Gasteiger partial charge in [0.15, 0.2) is 0 Å². The van der Waals surface area contributed by atoms with Crippen LogP contribution >= 0.6 is 15.9 Å². The van der Waals surface area contributed by atoms with Crippen molar-refractivity contribution >= 4 is 37.0 Å². The van der Waals surface area contributed by atoms with Crippen LogP contribution in [0.3, 0.4) is 0 Å². The molecule has 3 aromatic rings. The van der Waals surface area contributed by atoms with Crippen molar-refractivity contribution < 1.29 is 17.2 Å². The van der Waals surface area contributed by atoms with E-state index >= 15 is 0 Å². The van der Waals surface area contributed by atoms with Crippen molar-refractivity contribution in [3.05, 3.63) is 58.3 Å². The molecule has 0 aliphatic carbocycles. The van der Waals surface area contributed by atoms with Gasteiger partial charge in [-0.15, -0.1) is 0 Å². The van der Waals surface area contributed by atoms with E-state index in [2.05, 4.69) is 25.6 Å². The fraction of sp³-hybridized carbons (Fsp3) is 0.235. The third kappa shape index (κ3) is 3.51. The van der Waals surface area contributed by atoms with Gasteiger partial charge < -0.3 is 0 Å². The minimum atomic E-state index is -3.90. The maximum absolute atomic E-state index is 13.5. The molecule has 0 saturated heterocycles. The number of hydrogen-bond acceptors (Lipinski definition) is 3. The Morgan fingerprint density at radius 2 is 1.88 bits per heavy atom. The topological polar surface area (TPSA) is 64.0 Å². The molecule has 0 spiro atoms. The van der Waals surface area contributed by atoms with Crippen LogP contribution in [0.1, 0.15) is 30.9 Å². The fourth-order valence-electron chi connectivity index (χ4n) is 2.71. The van der Waals surface area contributed by atoms with Crippen LogP contribution in [0.15, 0.2) is 51.8 Å². The van der Waals surface area contributed by atoms with Gasteiger partial charge in [0.25, 0.3) is 0 Å². The zero-order valence-electron chi connectivity index (χ0n) is 13.9. The van der Waals surface area contributed by atoms with Gasteiger partial charge in [-0.05, 0) is 49.7 Å². The van der Waals surface area contributed by atoms with Crippen molar-refractivity contribution in [2.75, 3.05) is 0 Å². The minimum Gasteiger partial charge on any atom is -0.269 e. The molecule has 2 aromatic carbocycles. The van der Waals surface area contributed by atoms with Gasteiger partial charge in [0.1, 0.15) is 5.82 Å². The molecular weight excluding hydrogens is 428 g/mol. The maximum atomic E-state index is 13.5. The van der Waals surface area contributed by atoms with Gasteiger partial charge in [-0.3, -0.25) is 4.57 Å². The second kappa shape index (κ2) is 7.05. The Labute approximate surface area is 158 Å². The Morgan fingerprint density at radius 1 is 1.19 bits per heavy atom. The van der Waals surface area contributed by atoms with Crippen molar-refractivity contribution in [2.24, 2.45) is 0 Å². The number of sulfonamides is 1. The minimum absolute atomic E-state index is 0.0430. The van der Waals surface area contributed by atoms with Gasteiger partial charge in [-0.2, -0.15) is 8.78 Å². The monoisotopic (exact) mass is 443 g/mol. The number of para-hydroxylation sites is 2. The molecule has 138 valence electrons. The molecule has 0 amide bonds. The van der Waals surface area contributed by atoms with Crippen LogP contribution in [-0.4, -0.2) is 18.0 Å². The van der Waals surface area contributed by atoms with E-state index < -0.39 is 22.6 Å². The van der Waals surface area contributed by atoms with Crippen LogP contribution in [0.25, 0.3) is 11.0 Å². The van der Waals surface area contributed by atoms with E-state index in [0.29, 0.717) is 5.52 Å². The quantitative estimate of drug-likeness (QED) is 0.629. The summed E-state index contributed by atoms with van der Waals surface area (Å²) >= 11 is 3.32.